The van der Waals surface area contributed by atoms with Gasteiger partial charge in [-0.15, -0.1) is 0 Å². The summed E-state index contributed by atoms with van der Waals surface area (Å²) in [6.07, 6.45) is 3.34. The van der Waals surface area contributed by atoms with Gasteiger partial charge in [0.2, 0.25) is 0 Å². The number of hydrogen-bond acceptors (Lipinski definition) is 6. The van der Waals surface area contributed by atoms with Crippen LogP contribution in [0.5, 0.6) is 0 Å². The molecule has 0 bridgehead atoms. The van der Waals surface area contributed by atoms with Crippen molar-refractivity contribution in [2.45, 2.75) is 38.9 Å². The molecule has 0 N–H and O–H groups in total. The molecule has 2 aromatic heterocycles. The van der Waals surface area contributed by atoms with Crippen LogP contribution in [0, 0.1) is 0 Å². The summed E-state index contributed by atoms with van der Waals surface area (Å²) in [5, 5.41) is 0. The van der Waals surface area contributed by atoms with E-state index in [0.717, 1.165) is 22.5 Å². The van der Waals surface area contributed by atoms with Crippen molar-refractivity contribution >= 4 is 35.8 Å². The summed E-state index contributed by atoms with van der Waals surface area (Å²) in [5.41, 5.74) is 4.83. The highest BCUT2D eigenvalue weighted by Crippen LogP contribution is 2.36. The van der Waals surface area contributed by atoms with Crippen LogP contribution in [-0.4, -0.2) is 54.2 Å². The van der Waals surface area contributed by atoms with Crippen LogP contribution in [0.2, 0.25) is 0 Å². The van der Waals surface area contributed by atoms with Gasteiger partial charge in [0.25, 0.3) is 11.8 Å². The van der Waals surface area contributed by atoms with Crippen LogP contribution < -0.4 is 15.3 Å². The largest absolute Gasteiger partial charge is 0.494 e. The number of carbonyl (C=O) groups is 2. The Hall–Kier alpha value is -5.12. The molecule has 3 heterocycles. The lowest BCUT2D eigenvalue weighted by Crippen LogP contribution is -2.41. The molecule has 1 saturated heterocycles. The van der Waals surface area contributed by atoms with E-state index in [4.69, 9.17) is 9.31 Å². The zero-order valence-electron chi connectivity index (χ0n) is 27.5. The van der Waals surface area contributed by atoms with Gasteiger partial charge in [0.15, 0.2) is 0 Å². The molecule has 1 aliphatic rings. The van der Waals surface area contributed by atoms with Crippen molar-refractivity contribution in [3.8, 4) is 22.5 Å². The first-order valence-electron chi connectivity index (χ1n) is 15.5. The van der Waals surface area contributed by atoms with Gasteiger partial charge in [0.05, 0.1) is 46.4 Å². The van der Waals surface area contributed by atoms with Crippen molar-refractivity contribution in [3.05, 3.63) is 127 Å². The molecule has 5 aromatic rings. The first-order chi connectivity index (χ1) is 22.4. The molecule has 8 nitrogen and oxygen atoms in total. The predicted molar refractivity (Wildman–Crippen MR) is 187 cm³/mol. The normalized spacial score (nSPS) is 14.9. The van der Waals surface area contributed by atoms with Crippen LogP contribution >= 0.6 is 0 Å². The smallest absolute Gasteiger partial charge is 0.399 e. The van der Waals surface area contributed by atoms with E-state index >= 15 is 0 Å². The highest BCUT2D eigenvalue weighted by atomic mass is 16.7. The lowest BCUT2D eigenvalue weighted by molar-refractivity contribution is 0.00578. The number of benzene rings is 3. The fourth-order valence-electron chi connectivity index (χ4n) is 5.36. The van der Waals surface area contributed by atoms with Crippen LogP contribution in [0.15, 0.2) is 116 Å². The van der Waals surface area contributed by atoms with Crippen molar-refractivity contribution in [1.82, 2.24) is 9.97 Å². The zero-order chi connectivity index (χ0) is 33.3. The second-order valence-corrected chi connectivity index (χ2v) is 12.7. The molecule has 1 fully saturated rings. The van der Waals surface area contributed by atoms with E-state index in [9.17, 15) is 9.59 Å². The first-order valence-corrected chi connectivity index (χ1v) is 15.5. The van der Waals surface area contributed by atoms with E-state index in [-0.39, 0.29) is 11.8 Å². The van der Waals surface area contributed by atoms with E-state index in [1.165, 1.54) is 9.80 Å². The Kier molecular flexibility index (Phi) is 8.53. The molecule has 1 aliphatic heterocycles. The lowest BCUT2D eigenvalue weighted by atomic mass is 9.77. The number of hydrogen-bond donors (Lipinski definition) is 0. The van der Waals surface area contributed by atoms with Crippen molar-refractivity contribution in [3.63, 3.8) is 0 Å². The van der Waals surface area contributed by atoms with Gasteiger partial charge in [-0.25, -0.2) is 0 Å². The minimum absolute atomic E-state index is 0.303. The molecular weight excluding hydrogens is 587 g/mol. The van der Waals surface area contributed by atoms with E-state index < -0.39 is 18.3 Å². The van der Waals surface area contributed by atoms with Gasteiger partial charge < -0.3 is 19.1 Å². The predicted octanol–water partition coefficient (Wildman–Crippen LogP) is 6.66. The molecule has 2 amide bonds. The Morgan fingerprint density at radius 2 is 1.00 bits per heavy atom. The number of anilines is 2. The van der Waals surface area contributed by atoms with Gasteiger partial charge in [-0.05, 0) is 75.6 Å². The molecular formula is C38H37BN4O4. The maximum atomic E-state index is 14.0. The van der Waals surface area contributed by atoms with Crippen molar-refractivity contribution in [2.75, 3.05) is 23.9 Å². The number of pyridine rings is 2. The Balaban J connectivity index is 1.31. The Morgan fingerprint density at radius 1 is 0.596 bits per heavy atom. The summed E-state index contributed by atoms with van der Waals surface area (Å²) in [7, 11) is 2.61. The molecule has 0 atom stereocenters. The van der Waals surface area contributed by atoms with E-state index in [1.807, 2.05) is 113 Å². The SMILES string of the molecule is CN(C(=O)c1cc(B2OC(C)(C)C(C)(C)O2)cc(C(=O)N(C)c2ccc(-c3ccccc3)nc2)c1)c1ccc(-c2ccccc2)nc1. The number of rotatable bonds is 7. The lowest BCUT2D eigenvalue weighted by Gasteiger charge is -2.32. The topological polar surface area (TPSA) is 84.9 Å². The fourth-order valence-corrected chi connectivity index (χ4v) is 5.36. The number of nitrogens with zero attached hydrogens (tertiary/aromatic N) is 4. The molecule has 6 rings (SSSR count). The highest BCUT2D eigenvalue weighted by Gasteiger charge is 2.52. The minimum Gasteiger partial charge on any atom is -0.399 e. The van der Waals surface area contributed by atoms with Crippen LogP contribution in [0.1, 0.15) is 48.4 Å². The second-order valence-electron chi connectivity index (χ2n) is 12.7. The molecule has 3 aromatic carbocycles. The quantitative estimate of drug-likeness (QED) is 0.188. The molecule has 0 radical (unpaired) electrons. The van der Waals surface area contributed by atoms with Crippen LogP contribution in [-0.2, 0) is 9.31 Å². The number of amides is 2. The summed E-state index contributed by atoms with van der Waals surface area (Å²) in [6.45, 7) is 7.86. The van der Waals surface area contributed by atoms with Crippen molar-refractivity contribution in [2.24, 2.45) is 0 Å². The molecule has 47 heavy (non-hydrogen) atoms. The third-order valence-corrected chi connectivity index (χ3v) is 8.99. The maximum absolute atomic E-state index is 14.0. The molecule has 0 spiro atoms. The average molecular weight is 625 g/mol. The van der Waals surface area contributed by atoms with E-state index in [1.54, 1.807) is 44.7 Å². The number of carbonyl (C=O) groups excluding carboxylic acids is 2. The second kappa shape index (κ2) is 12.6. The summed E-state index contributed by atoms with van der Waals surface area (Å²) < 4.78 is 12.7. The van der Waals surface area contributed by atoms with Crippen LogP contribution in [0.25, 0.3) is 22.5 Å². The standard InChI is InChI=1S/C38H37BN4O4/c1-37(2)38(3,4)47-39(46-37)30-22-28(35(44)42(5)31-17-19-33(40-24-31)26-13-9-7-10-14-26)21-29(23-30)36(45)43(6)32-18-20-34(41-25-32)27-15-11-8-12-16-27/h7-25H,1-6H3. The van der Waals surface area contributed by atoms with Gasteiger partial charge in [0.1, 0.15) is 0 Å². The molecule has 236 valence electrons. The first kappa shape index (κ1) is 31.9. The summed E-state index contributed by atoms with van der Waals surface area (Å²) in [6, 6.07) is 32.3. The fraction of sp³-hybridized carbons (Fsp3) is 0.211. The Morgan fingerprint density at radius 3 is 1.36 bits per heavy atom. The van der Waals surface area contributed by atoms with Gasteiger partial charge >= 0.3 is 7.12 Å². The van der Waals surface area contributed by atoms with Gasteiger partial charge in [0, 0.05) is 36.3 Å². The zero-order valence-corrected chi connectivity index (χ0v) is 27.5. The van der Waals surface area contributed by atoms with Crippen molar-refractivity contribution in [1.29, 1.82) is 0 Å². The highest BCUT2D eigenvalue weighted by molar-refractivity contribution is 6.62. The Labute approximate surface area is 276 Å². The van der Waals surface area contributed by atoms with Gasteiger partial charge in [-0.3, -0.25) is 19.6 Å². The average Bonchev–Trinajstić information content (AvgIpc) is 3.33. The summed E-state index contributed by atoms with van der Waals surface area (Å²) in [4.78, 5) is 40.2. The third kappa shape index (κ3) is 6.45. The van der Waals surface area contributed by atoms with Crippen LogP contribution in [0.3, 0.4) is 0 Å². The molecule has 0 unspecified atom stereocenters. The monoisotopic (exact) mass is 624 g/mol. The molecule has 9 heteroatoms. The van der Waals surface area contributed by atoms with Crippen LogP contribution in [0.4, 0.5) is 11.4 Å². The Bertz CT molecular complexity index is 1760. The van der Waals surface area contributed by atoms with Crippen molar-refractivity contribution < 1.29 is 18.9 Å². The third-order valence-electron chi connectivity index (χ3n) is 8.99. The van der Waals surface area contributed by atoms with Gasteiger partial charge in [-0.2, -0.15) is 0 Å². The minimum atomic E-state index is -0.770. The van der Waals surface area contributed by atoms with E-state index in [2.05, 4.69) is 9.97 Å². The van der Waals surface area contributed by atoms with E-state index in [0.29, 0.717) is 28.0 Å². The van der Waals surface area contributed by atoms with Gasteiger partial charge in [-0.1, -0.05) is 60.7 Å². The maximum Gasteiger partial charge on any atom is 0.494 e. The summed E-state index contributed by atoms with van der Waals surface area (Å²) >= 11 is 0. The summed E-state index contributed by atoms with van der Waals surface area (Å²) in [5.74, 6) is -0.605. The molecule has 0 aliphatic carbocycles. The molecule has 0 saturated carbocycles. The number of aromatic nitrogens is 2.